The van der Waals surface area contributed by atoms with Gasteiger partial charge in [-0.25, -0.2) is 9.97 Å². The van der Waals surface area contributed by atoms with Gasteiger partial charge in [0.15, 0.2) is 0 Å². The van der Waals surface area contributed by atoms with E-state index in [2.05, 4.69) is 35.3 Å². The van der Waals surface area contributed by atoms with Gasteiger partial charge >= 0.3 is 0 Å². The van der Waals surface area contributed by atoms with Crippen molar-refractivity contribution in [2.45, 2.75) is 64.5 Å². The number of amides is 1. The van der Waals surface area contributed by atoms with Crippen molar-refractivity contribution in [2.24, 2.45) is 0 Å². The van der Waals surface area contributed by atoms with Crippen LogP contribution in [0.1, 0.15) is 63.3 Å². The normalized spacial score (nSPS) is 16.3. The van der Waals surface area contributed by atoms with Gasteiger partial charge in [-0.05, 0) is 6.42 Å². The van der Waals surface area contributed by atoms with Crippen molar-refractivity contribution >= 4 is 5.91 Å². The van der Waals surface area contributed by atoms with Crippen molar-refractivity contribution in [3.05, 3.63) is 30.1 Å². The molecule has 0 N–H and O–H groups in total. The van der Waals surface area contributed by atoms with Crippen LogP contribution in [0.4, 0.5) is 0 Å². The third kappa shape index (κ3) is 5.30. The highest BCUT2D eigenvalue weighted by atomic mass is 16.5. The SMILES string of the molecule is CCCN(C)C(=O)c1cncc(-c2cn(CC3(OC)CCOCC3)c(C(C)(C)C)n2)n1. The van der Waals surface area contributed by atoms with E-state index in [-0.39, 0.29) is 16.9 Å². The average molecular weight is 430 g/mol. The van der Waals surface area contributed by atoms with E-state index in [1.807, 2.05) is 13.1 Å². The second-order valence-corrected chi connectivity index (χ2v) is 9.34. The summed E-state index contributed by atoms with van der Waals surface area (Å²) in [6, 6.07) is 0. The van der Waals surface area contributed by atoms with Gasteiger partial charge in [0.25, 0.3) is 5.91 Å². The van der Waals surface area contributed by atoms with Gasteiger partial charge < -0.3 is 18.9 Å². The Morgan fingerprint density at radius 3 is 2.55 bits per heavy atom. The Kier molecular flexibility index (Phi) is 7.11. The van der Waals surface area contributed by atoms with Gasteiger partial charge in [-0.2, -0.15) is 0 Å². The zero-order chi connectivity index (χ0) is 22.6. The van der Waals surface area contributed by atoms with Gasteiger partial charge in [-0.1, -0.05) is 27.7 Å². The lowest BCUT2D eigenvalue weighted by Crippen LogP contribution is -2.42. The zero-order valence-electron chi connectivity index (χ0n) is 19.6. The van der Waals surface area contributed by atoms with Crippen LogP contribution in [-0.4, -0.2) is 69.8 Å². The van der Waals surface area contributed by atoms with E-state index in [4.69, 9.17) is 14.5 Å². The second kappa shape index (κ2) is 9.44. The molecular formula is C23H35N5O3. The zero-order valence-corrected chi connectivity index (χ0v) is 19.6. The first-order chi connectivity index (χ1) is 14.7. The molecule has 0 saturated carbocycles. The number of hydrogen-bond acceptors (Lipinski definition) is 6. The lowest BCUT2D eigenvalue weighted by molar-refractivity contribution is -0.0990. The molecule has 0 radical (unpaired) electrons. The molecule has 31 heavy (non-hydrogen) atoms. The first-order valence-corrected chi connectivity index (χ1v) is 11.0. The third-order valence-electron chi connectivity index (χ3n) is 5.76. The molecule has 1 aliphatic rings. The van der Waals surface area contributed by atoms with E-state index in [1.165, 1.54) is 6.20 Å². The smallest absolute Gasteiger partial charge is 0.273 e. The lowest BCUT2D eigenvalue weighted by atomic mass is 9.92. The van der Waals surface area contributed by atoms with Crippen LogP contribution in [0.5, 0.6) is 0 Å². The number of imidazole rings is 1. The fourth-order valence-corrected chi connectivity index (χ4v) is 3.96. The molecule has 8 heteroatoms. The standard InChI is InChI=1S/C23H35N5O3/c1-7-10-27(5)20(29)18-14-24-13-17(25-18)19-15-28(21(26-19)22(2,3)4)16-23(30-6)8-11-31-12-9-23/h13-15H,7-12,16H2,1-6H3. The Labute approximate surface area is 185 Å². The van der Waals surface area contributed by atoms with Crippen LogP contribution in [0.15, 0.2) is 18.6 Å². The molecule has 3 heterocycles. The van der Waals surface area contributed by atoms with Crippen molar-refractivity contribution in [1.82, 2.24) is 24.4 Å². The number of carbonyl (C=O) groups excluding carboxylic acids is 1. The van der Waals surface area contributed by atoms with Crippen LogP contribution in [-0.2, 0) is 21.4 Å². The molecule has 2 aromatic rings. The maximum atomic E-state index is 12.7. The molecule has 1 aliphatic heterocycles. The first-order valence-electron chi connectivity index (χ1n) is 11.0. The van der Waals surface area contributed by atoms with E-state index < -0.39 is 0 Å². The van der Waals surface area contributed by atoms with E-state index in [1.54, 1.807) is 25.3 Å². The predicted molar refractivity (Wildman–Crippen MR) is 119 cm³/mol. The van der Waals surface area contributed by atoms with Crippen molar-refractivity contribution in [1.29, 1.82) is 0 Å². The van der Waals surface area contributed by atoms with E-state index in [9.17, 15) is 4.79 Å². The van der Waals surface area contributed by atoms with Gasteiger partial charge in [0.1, 0.15) is 22.9 Å². The summed E-state index contributed by atoms with van der Waals surface area (Å²) in [5.41, 5.74) is 1.20. The highest BCUT2D eigenvalue weighted by Gasteiger charge is 2.35. The highest BCUT2D eigenvalue weighted by molar-refractivity contribution is 5.92. The van der Waals surface area contributed by atoms with Crippen LogP contribution in [0, 0.1) is 0 Å². The monoisotopic (exact) mass is 429 g/mol. The highest BCUT2D eigenvalue weighted by Crippen LogP contribution is 2.31. The van der Waals surface area contributed by atoms with Gasteiger partial charge in [0, 0.05) is 58.4 Å². The van der Waals surface area contributed by atoms with Gasteiger partial charge in [-0.3, -0.25) is 9.78 Å². The number of carbonyl (C=O) groups is 1. The number of methoxy groups -OCH3 is 1. The van der Waals surface area contributed by atoms with Crippen molar-refractivity contribution in [2.75, 3.05) is 33.9 Å². The minimum atomic E-state index is -0.275. The number of nitrogens with zero attached hydrogens (tertiary/aromatic N) is 5. The lowest BCUT2D eigenvalue weighted by Gasteiger charge is -2.37. The number of ether oxygens (including phenoxy) is 2. The molecule has 0 spiro atoms. The maximum Gasteiger partial charge on any atom is 0.273 e. The fourth-order valence-electron chi connectivity index (χ4n) is 3.96. The summed E-state index contributed by atoms with van der Waals surface area (Å²) in [6.07, 6.45) is 7.76. The van der Waals surface area contributed by atoms with Crippen LogP contribution in [0.2, 0.25) is 0 Å². The molecule has 8 nitrogen and oxygen atoms in total. The Morgan fingerprint density at radius 1 is 1.23 bits per heavy atom. The maximum absolute atomic E-state index is 12.7. The summed E-state index contributed by atoms with van der Waals surface area (Å²) in [5.74, 6) is 0.819. The fraction of sp³-hybridized carbons (Fsp3) is 0.652. The molecule has 0 bridgehead atoms. The topological polar surface area (TPSA) is 82.4 Å². The minimum Gasteiger partial charge on any atom is -0.381 e. The molecule has 1 fully saturated rings. The number of hydrogen-bond donors (Lipinski definition) is 0. The van der Waals surface area contributed by atoms with E-state index >= 15 is 0 Å². The van der Waals surface area contributed by atoms with Crippen LogP contribution >= 0.6 is 0 Å². The quantitative estimate of drug-likeness (QED) is 0.672. The van der Waals surface area contributed by atoms with Crippen molar-refractivity contribution in [3.8, 4) is 11.4 Å². The Balaban J connectivity index is 1.96. The molecule has 170 valence electrons. The third-order valence-corrected chi connectivity index (χ3v) is 5.76. The number of aromatic nitrogens is 4. The first kappa shape index (κ1) is 23.3. The molecule has 0 aromatic carbocycles. The van der Waals surface area contributed by atoms with Gasteiger partial charge in [-0.15, -0.1) is 0 Å². The molecule has 3 rings (SSSR count). The van der Waals surface area contributed by atoms with Crippen LogP contribution in [0.25, 0.3) is 11.4 Å². The van der Waals surface area contributed by atoms with Gasteiger partial charge in [0.2, 0.25) is 0 Å². The Morgan fingerprint density at radius 2 is 1.94 bits per heavy atom. The molecule has 0 aliphatic carbocycles. The summed E-state index contributed by atoms with van der Waals surface area (Å²) < 4.78 is 13.7. The summed E-state index contributed by atoms with van der Waals surface area (Å²) in [6.45, 7) is 11.2. The summed E-state index contributed by atoms with van der Waals surface area (Å²) >= 11 is 0. The Hall–Kier alpha value is -2.32. The molecular weight excluding hydrogens is 394 g/mol. The van der Waals surface area contributed by atoms with Crippen LogP contribution in [0.3, 0.4) is 0 Å². The minimum absolute atomic E-state index is 0.132. The summed E-state index contributed by atoms with van der Waals surface area (Å²) in [5, 5.41) is 0. The van der Waals surface area contributed by atoms with E-state index in [0.29, 0.717) is 43.4 Å². The molecule has 1 amide bonds. The largest absolute Gasteiger partial charge is 0.381 e. The van der Waals surface area contributed by atoms with Crippen molar-refractivity contribution < 1.29 is 14.3 Å². The van der Waals surface area contributed by atoms with Crippen molar-refractivity contribution in [3.63, 3.8) is 0 Å². The molecule has 0 unspecified atom stereocenters. The predicted octanol–water partition coefficient (Wildman–Crippen LogP) is 3.32. The summed E-state index contributed by atoms with van der Waals surface area (Å²) in [4.78, 5) is 28.1. The average Bonchev–Trinajstić information content (AvgIpc) is 3.18. The second-order valence-electron chi connectivity index (χ2n) is 9.34. The molecule has 0 atom stereocenters. The number of rotatable bonds is 7. The van der Waals surface area contributed by atoms with Crippen LogP contribution < -0.4 is 0 Å². The van der Waals surface area contributed by atoms with Gasteiger partial charge in [0.05, 0.1) is 24.5 Å². The molecule has 1 saturated heterocycles. The van der Waals surface area contributed by atoms with E-state index in [0.717, 1.165) is 25.1 Å². The summed E-state index contributed by atoms with van der Waals surface area (Å²) in [7, 11) is 3.55. The molecule has 2 aromatic heterocycles. The Bertz CT molecular complexity index is 897.